The molecule has 7 heteroatoms. The Morgan fingerprint density at radius 2 is 1.91 bits per heavy atom. The average Bonchev–Trinajstić information content (AvgIpc) is 2.44. The van der Waals surface area contributed by atoms with E-state index >= 15 is 0 Å². The van der Waals surface area contributed by atoms with E-state index in [2.05, 4.69) is 16.0 Å². The van der Waals surface area contributed by atoms with E-state index in [4.69, 9.17) is 0 Å². The molecule has 0 aromatic heterocycles. The number of imide groups is 1. The molecule has 0 radical (unpaired) electrons. The molecule has 0 aliphatic heterocycles. The van der Waals surface area contributed by atoms with E-state index in [1.54, 1.807) is 6.92 Å². The number of carbonyl (C=O) groups is 2. The summed E-state index contributed by atoms with van der Waals surface area (Å²) in [4.78, 5) is 23.1. The second-order valence-corrected chi connectivity index (χ2v) is 5.10. The smallest absolute Gasteiger partial charge is 0.321 e. The number of carbonyl (C=O) groups excluding carboxylic acids is 2. The molecule has 0 aliphatic carbocycles. The predicted molar refractivity (Wildman–Crippen MR) is 79.2 cm³/mol. The number of amides is 3. The van der Waals surface area contributed by atoms with Gasteiger partial charge in [0.25, 0.3) is 0 Å². The Bertz CT molecular complexity index is 538. The molecule has 0 unspecified atom stereocenters. The monoisotopic (exact) mass is 313 g/mol. The molecule has 1 aromatic carbocycles. The van der Waals surface area contributed by atoms with E-state index in [9.17, 15) is 18.4 Å². The van der Waals surface area contributed by atoms with Crippen LogP contribution < -0.4 is 16.0 Å². The largest absolute Gasteiger partial charge is 0.335 e. The van der Waals surface area contributed by atoms with Gasteiger partial charge in [0.15, 0.2) is 0 Å². The molecule has 2 atom stereocenters. The van der Waals surface area contributed by atoms with Crippen LogP contribution in [-0.2, 0) is 4.79 Å². The Kier molecular flexibility index (Phi) is 6.91. The van der Waals surface area contributed by atoms with Crippen LogP contribution >= 0.6 is 0 Å². The predicted octanol–water partition coefficient (Wildman–Crippen LogP) is 2.24. The standard InChI is InChI=1S/C15H21F2N3O2/c1-4-9(2)19-15(22)20-14(21)8-18-10(3)12-6-5-11(16)7-13(12)17/h5-7,9-10,18H,4,8H2,1-3H3,(H2,19,20,21,22)/t9-,10-/m0/s1. The van der Waals surface area contributed by atoms with E-state index in [1.807, 2.05) is 13.8 Å². The minimum Gasteiger partial charge on any atom is -0.335 e. The minimum absolute atomic E-state index is 0.0343. The van der Waals surface area contributed by atoms with Crippen LogP contribution in [0.5, 0.6) is 0 Å². The lowest BCUT2D eigenvalue weighted by molar-refractivity contribution is -0.119. The van der Waals surface area contributed by atoms with Crippen molar-refractivity contribution in [1.29, 1.82) is 0 Å². The highest BCUT2D eigenvalue weighted by atomic mass is 19.1. The molecular formula is C15H21F2N3O2. The van der Waals surface area contributed by atoms with E-state index < -0.39 is 29.6 Å². The third-order valence-electron chi connectivity index (χ3n) is 3.24. The minimum atomic E-state index is -0.685. The second-order valence-electron chi connectivity index (χ2n) is 5.10. The maximum Gasteiger partial charge on any atom is 0.321 e. The number of rotatable bonds is 6. The summed E-state index contributed by atoms with van der Waals surface area (Å²) in [6.45, 7) is 5.21. The molecule has 1 aromatic rings. The normalized spacial score (nSPS) is 13.3. The number of urea groups is 1. The van der Waals surface area contributed by atoms with Crippen molar-refractivity contribution in [1.82, 2.24) is 16.0 Å². The van der Waals surface area contributed by atoms with Crippen molar-refractivity contribution in [2.24, 2.45) is 0 Å². The van der Waals surface area contributed by atoms with Crippen molar-refractivity contribution >= 4 is 11.9 Å². The highest BCUT2D eigenvalue weighted by molar-refractivity contribution is 5.95. The van der Waals surface area contributed by atoms with Gasteiger partial charge in [0.1, 0.15) is 11.6 Å². The SMILES string of the molecule is CC[C@H](C)NC(=O)NC(=O)CN[C@@H](C)c1ccc(F)cc1F. The zero-order chi connectivity index (χ0) is 16.7. The molecule has 0 spiro atoms. The number of hydrogen-bond donors (Lipinski definition) is 3. The van der Waals surface area contributed by atoms with Crippen molar-refractivity contribution in [3.63, 3.8) is 0 Å². The first-order valence-corrected chi connectivity index (χ1v) is 7.12. The van der Waals surface area contributed by atoms with Gasteiger partial charge in [0, 0.05) is 23.7 Å². The maximum absolute atomic E-state index is 13.6. The topological polar surface area (TPSA) is 70.2 Å². The maximum atomic E-state index is 13.6. The molecule has 22 heavy (non-hydrogen) atoms. The molecule has 0 heterocycles. The van der Waals surface area contributed by atoms with E-state index in [0.29, 0.717) is 0 Å². The zero-order valence-corrected chi connectivity index (χ0v) is 12.9. The molecule has 3 amide bonds. The lowest BCUT2D eigenvalue weighted by Crippen LogP contribution is -2.46. The molecule has 0 fully saturated rings. The van der Waals surface area contributed by atoms with Crippen molar-refractivity contribution < 1.29 is 18.4 Å². The van der Waals surface area contributed by atoms with Gasteiger partial charge in [0.05, 0.1) is 6.54 Å². The van der Waals surface area contributed by atoms with Crippen molar-refractivity contribution in [2.45, 2.75) is 39.3 Å². The van der Waals surface area contributed by atoms with Crippen LogP contribution in [0.3, 0.4) is 0 Å². The first-order valence-electron chi connectivity index (χ1n) is 7.12. The second kappa shape index (κ2) is 8.43. The molecule has 0 bridgehead atoms. The first-order chi connectivity index (χ1) is 10.3. The van der Waals surface area contributed by atoms with Gasteiger partial charge in [-0.25, -0.2) is 13.6 Å². The summed E-state index contributed by atoms with van der Waals surface area (Å²) >= 11 is 0. The van der Waals surface area contributed by atoms with Gasteiger partial charge in [-0.05, 0) is 26.3 Å². The van der Waals surface area contributed by atoms with Crippen LogP contribution in [0.15, 0.2) is 18.2 Å². The number of nitrogens with one attached hydrogen (secondary N) is 3. The van der Waals surface area contributed by atoms with Crippen LogP contribution in [0.4, 0.5) is 13.6 Å². The number of halogens is 2. The lowest BCUT2D eigenvalue weighted by Gasteiger charge is -2.15. The van der Waals surface area contributed by atoms with Crippen molar-refractivity contribution in [3.8, 4) is 0 Å². The van der Waals surface area contributed by atoms with Gasteiger partial charge in [-0.1, -0.05) is 13.0 Å². The Hall–Kier alpha value is -2.02. The quantitative estimate of drug-likeness (QED) is 0.754. The first kappa shape index (κ1) is 18.0. The lowest BCUT2D eigenvalue weighted by atomic mass is 10.1. The van der Waals surface area contributed by atoms with Gasteiger partial charge in [-0.3, -0.25) is 10.1 Å². The Morgan fingerprint density at radius 3 is 2.50 bits per heavy atom. The Balaban J connectivity index is 2.45. The van der Waals surface area contributed by atoms with Crippen LogP contribution in [0.25, 0.3) is 0 Å². The van der Waals surface area contributed by atoms with Gasteiger partial charge >= 0.3 is 6.03 Å². The molecule has 0 aliphatic rings. The van der Waals surface area contributed by atoms with Gasteiger partial charge in [-0.2, -0.15) is 0 Å². The van der Waals surface area contributed by atoms with Crippen LogP contribution in [-0.4, -0.2) is 24.5 Å². The Labute approximate surface area is 128 Å². The highest BCUT2D eigenvalue weighted by Gasteiger charge is 2.14. The fraction of sp³-hybridized carbons (Fsp3) is 0.467. The molecule has 122 valence electrons. The summed E-state index contributed by atoms with van der Waals surface area (Å²) in [7, 11) is 0. The van der Waals surface area contributed by atoms with E-state index in [0.717, 1.165) is 18.6 Å². The summed E-state index contributed by atoms with van der Waals surface area (Å²) in [5.74, 6) is -1.88. The molecule has 3 N–H and O–H groups in total. The summed E-state index contributed by atoms with van der Waals surface area (Å²) < 4.78 is 26.4. The third kappa shape index (κ3) is 5.77. The highest BCUT2D eigenvalue weighted by Crippen LogP contribution is 2.17. The average molecular weight is 313 g/mol. The molecule has 1 rings (SSSR count). The van der Waals surface area contributed by atoms with Crippen molar-refractivity contribution in [2.75, 3.05) is 6.54 Å². The summed E-state index contributed by atoms with van der Waals surface area (Å²) in [6, 6.07) is 2.15. The van der Waals surface area contributed by atoms with Crippen LogP contribution in [0, 0.1) is 11.6 Å². The number of hydrogen-bond acceptors (Lipinski definition) is 3. The summed E-state index contributed by atoms with van der Waals surface area (Å²) in [5.41, 5.74) is 0.248. The molecule has 0 saturated carbocycles. The third-order valence-corrected chi connectivity index (χ3v) is 3.24. The fourth-order valence-corrected chi connectivity index (χ4v) is 1.74. The Morgan fingerprint density at radius 1 is 1.23 bits per heavy atom. The molecular weight excluding hydrogens is 292 g/mol. The fourth-order valence-electron chi connectivity index (χ4n) is 1.74. The molecule has 5 nitrogen and oxygen atoms in total. The number of benzene rings is 1. The van der Waals surface area contributed by atoms with Gasteiger partial charge < -0.3 is 10.6 Å². The van der Waals surface area contributed by atoms with E-state index in [1.165, 1.54) is 6.07 Å². The van der Waals surface area contributed by atoms with Gasteiger partial charge in [-0.15, -0.1) is 0 Å². The van der Waals surface area contributed by atoms with Crippen molar-refractivity contribution in [3.05, 3.63) is 35.4 Å². The zero-order valence-electron chi connectivity index (χ0n) is 12.9. The summed E-state index contributed by atoms with van der Waals surface area (Å²) in [6.07, 6.45) is 0.751. The van der Waals surface area contributed by atoms with Gasteiger partial charge in [0.2, 0.25) is 5.91 Å². The molecule has 0 saturated heterocycles. The van der Waals surface area contributed by atoms with Crippen LogP contribution in [0.1, 0.15) is 38.8 Å². The van der Waals surface area contributed by atoms with E-state index in [-0.39, 0.29) is 18.2 Å². The summed E-state index contributed by atoms with van der Waals surface area (Å²) in [5, 5.41) is 7.54. The van der Waals surface area contributed by atoms with Crippen LogP contribution in [0.2, 0.25) is 0 Å².